The molecule has 0 fully saturated rings. The quantitative estimate of drug-likeness (QED) is 0.519. The zero-order chi connectivity index (χ0) is 11.4. The Hall–Kier alpha value is -0.0800. The van der Waals surface area contributed by atoms with Gasteiger partial charge in [0, 0.05) is 0 Å². The maximum Gasteiger partial charge on any atom is 0.0524 e. The lowest BCUT2D eigenvalue weighted by atomic mass is 10.1. The molecule has 15 heavy (non-hydrogen) atoms. The Kier molecular flexibility index (Phi) is 11.9. The van der Waals surface area contributed by atoms with Crippen molar-refractivity contribution in [3.05, 3.63) is 0 Å². The van der Waals surface area contributed by atoms with Crippen molar-refractivity contribution in [2.45, 2.75) is 71.3 Å². The van der Waals surface area contributed by atoms with Gasteiger partial charge >= 0.3 is 0 Å². The molecule has 0 aliphatic heterocycles. The summed E-state index contributed by atoms with van der Waals surface area (Å²) in [6.07, 6.45) is 10.3. The van der Waals surface area contributed by atoms with Crippen molar-refractivity contribution in [2.24, 2.45) is 0 Å². The van der Waals surface area contributed by atoms with Gasteiger partial charge in [-0.15, -0.1) is 0 Å². The lowest BCUT2D eigenvalue weighted by Crippen LogP contribution is -2.20. The number of nitrogens with one attached hydrogen (secondary N) is 1. The van der Waals surface area contributed by atoms with Crippen molar-refractivity contribution in [3.8, 4) is 0 Å². The van der Waals surface area contributed by atoms with Gasteiger partial charge in [-0.2, -0.15) is 0 Å². The number of hydrogen-bond donors (Lipinski definition) is 2. The van der Waals surface area contributed by atoms with Crippen LogP contribution in [0.2, 0.25) is 0 Å². The second-order valence-electron chi connectivity index (χ2n) is 4.51. The number of unbranched alkanes of at least 4 members (excludes halogenated alkanes) is 6. The SMILES string of the molecule is CCCCCCCCCNCCC(C)O. The molecule has 0 aliphatic carbocycles. The van der Waals surface area contributed by atoms with E-state index in [1.54, 1.807) is 0 Å². The summed E-state index contributed by atoms with van der Waals surface area (Å²) < 4.78 is 0. The Morgan fingerprint density at radius 2 is 1.53 bits per heavy atom. The number of hydrogen-bond acceptors (Lipinski definition) is 2. The van der Waals surface area contributed by atoms with Crippen LogP contribution < -0.4 is 5.32 Å². The summed E-state index contributed by atoms with van der Waals surface area (Å²) in [4.78, 5) is 0. The van der Waals surface area contributed by atoms with Gasteiger partial charge in [-0.1, -0.05) is 45.4 Å². The van der Waals surface area contributed by atoms with Gasteiger partial charge in [0.25, 0.3) is 0 Å². The van der Waals surface area contributed by atoms with Crippen molar-refractivity contribution in [1.82, 2.24) is 5.32 Å². The van der Waals surface area contributed by atoms with Crippen molar-refractivity contribution in [1.29, 1.82) is 0 Å². The molecule has 0 amide bonds. The molecule has 0 spiro atoms. The van der Waals surface area contributed by atoms with Crippen LogP contribution in [0, 0.1) is 0 Å². The summed E-state index contributed by atoms with van der Waals surface area (Å²) in [5.41, 5.74) is 0. The highest BCUT2D eigenvalue weighted by atomic mass is 16.3. The zero-order valence-corrected chi connectivity index (χ0v) is 10.6. The van der Waals surface area contributed by atoms with Crippen molar-refractivity contribution in [3.63, 3.8) is 0 Å². The van der Waals surface area contributed by atoms with E-state index in [-0.39, 0.29) is 6.10 Å². The van der Waals surface area contributed by atoms with Crippen molar-refractivity contribution >= 4 is 0 Å². The lowest BCUT2D eigenvalue weighted by molar-refractivity contribution is 0.184. The van der Waals surface area contributed by atoms with E-state index in [2.05, 4.69) is 12.2 Å². The monoisotopic (exact) mass is 215 g/mol. The van der Waals surface area contributed by atoms with Gasteiger partial charge in [-0.3, -0.25) is 0 Å². The van der Waals surface area contributed by atoms with E-state index in [1.165, 1.54) is 44.9 Å². The molecule has 0 aromatic heterocycles. The normalized spacial score (nSPS) is 13.0. The Morgan fingerprint density at radius 3 is 2.13 bits per heavy atom. The molecule has 0 bridgehead atoms. The third-order valence-electron chi connectivity index (χ3n) is 2.70. The van der Waals surface area contributed by atoms with Crippen LogP contribution in [0.5, 0.6) is 0 Å². The molecule has 92 valence electrons. The number of rotatable bonds is 11. The van der Waals surface area contributed by atoms with E-state index in [1.807, 2.05) is 6.92 Å². The summed E-state index contributed by atoms with van der Waals surface area (Å²) in [6, 6.07) is 0. The van der Waals surface area contributed by atoms with Crippen molar-refractivity contribution in [2.75, 3.05) is 13.1 Å². The average molecular weight is 215 g/mol. The van der Waals surface area contributed by atoms with Gasteiger partial charge in [-0.25, -0.2) is 0 Å². The molecule has 0 aromatic rings. The molecule has 1 unspecified atom stereocenters. The standard InChI is InChI=1S/C13H29NO/c1-3-4-5-6-7-8-9-11-14-12-10-13(2)15/h13-15H,3-12H2,1-2H3. The molecule has 2 heteroatoms. The van der Waals surface area contributed by atoms with Gasteiger partial charge in [0.05, 0.1) is 6.10 Å². The van der Waals surface area contributed by atoms with Crippen LogP contribution in [0.15, 0.2) is 0 Å². The fourth-order valence-electron chi connectivity index (χ4n) is 1.64. The Balaban J connectivity index is 2.87. The van der Waals surface area contributed by atoms with Crippen LogP contribution in [-0.4, -0.2) is 24.3 Å². The van der Waals surface area contributed by atoms with Crippen molar-refractivity contribution < 1.29 is 5.11 Å². The van der Waals surface area contributed by atoms with E-state index >= 15 is 0 Å². The minimum Gasteiger partial charge on any atom is -0.393 e. The van der Waals surface area contributed by atoms with E-state index in [0.29, 0.717) is 0 Å². The molecular weight excluding hydrogens is 186 g/mol. The van der Waals surface area contributed by atoms with Crippen LogP contribution in [-0.2, 0) is 0 Å². The molecular formula is C13H29NO. The third-order valence-corrected chi connectivity index (χ3v) is 2.70. The molecule has 0 aromatic carbocycles. The first kappa shape index (κ1) is 14.9. The molecule has 0 saturated carbocycles. The summed E-state index contributed by atoms with van der Waals surface area (Å²) >= 11 is 0. The van der Waals surface area contributed by atoms with Crippen LogP contribution in [0.4, 0.5) is 0 Å². The fraction of sp³-hybridized carbons (Fsp3) is 1.00. The minimum absolute atomic E-state index is 0.161. The van der Waals surface area contributed by atoms with Crippen LogP contribution in [0.3, 0.4) is 0 Å². The average Bonchev–Trinajstić information content (AvgIpc) is 2.20. The highest BCUT2D eigenvalue weighted by Gasteiger charge is 1.94. The predicted molar refractivity (Wildman–Crippen MR) is 67.2 cm³/mol. The molecule has 0 aliphatic rings. The molecule has 0 rings (SSSR count). The van der Waals surface area contributed by atoms with Gasteiger partial charge in [0.2, 0.25) is 0 Å². The van der Waals surface area contributed by atoms with E-state index in [9.17, 15) is 0 Å². The summed E-state index contributed by atoms with van der Waals surface area (Å²) in [5, 5.41) is 12.4. The first-order valence-electron chi connectivity index (χ1n) is 6.66. The van der Waals surface area contributed by atoms with E-state index in [4.69, 9.17) is 5.11 Å². The topological polar surface area (TPSA) is 32.3 Å². The maximum atomic E-state index is 9.04. The second-order valence-corrected chi connectivity index (χ2v) is 4.51. The maximum absolute atomic E-state index is 9.04. The first-order chi connectivity index (χ1) is 7.27. The van der Waals surface area contributed by atoms with Gasteiger partial charge < -0.3 is 10.4 Å². The highest BCUT2D eigenvalue weighted by Crippen LogP contribution is 2.06. The van der Waals surface area contributed by atoms with Gasteiger partial charge in [-0.05, 0) is 32.9 Å². The Labute approximate surface area is 95.5 Å². The first-order valence-corrected chi connectivity index (χ1v) is 6.66. The largest absolute Gasteiger partial charge is 0.393 e. The van der Waals surface area contributed by atoms with Gasteiger partial charge in [0.15, 0.2) is 0 Å². The fourth-order valence-corrected chi connectivity index (χ4v) is 1.64. The minimum atomic E-state index is -0.161. The van der Waals surface area contributed by atoms with E-state index < -0.39 is 0 Å². The van der Waals surface area contributed by atoms with Gasteiger partial charge in [0.1, 0.15) is 0 Å². The summed E-state index contributed by atoms with van der Waals surface area (Å²) in [6.45, 7) is 6.16. The molecule has 1 atom stereocenters. The predicted octanol–water partition coefficient (Wildman–Crippen LogP) is 3.10. The Morgan fingerprint density at radius 1 is 0.933 bits per heavy atom. The summed E-state index contributed by atoms with van der Waals surface area (Å²) in [5.74, 6) is 0. The molecule has 0 saturated heterocycles. The smallest absolute Gasteiger partial charge is 0.0524 e. The molecule has 0 radical (unpaired) electrons. The molecule has 2 N–H and O–H groups in total. The molecule has 0 heterocycles. The number of aliphatic hydroxyl groups is 1. The van der Waals surface area contributed by atoms with Crippen LogP contribution in [0.1, 0.15) is 65.2 Å². The highest BCUT2D eigenvalue weighted by molar-refractivity contribution is 4.53. The third kappa shape index (κ3) is 13.9. The lowest BCUT2D eigenvalue weighted by Gasteiger charge is -2.06. The molecule has 2 nitrogen and oxygen atoms in total. The van der Waals surface area contributed by atoms with Crippen LogP contribution in [0.25, 0.3) is 0 Å². The summed E-state index contributed by atoms with van der Waals surface area (Å²) in [7, 11) is 0. The zero-order valence-electron chi connectivity index (χ0n) is 10.6. The Bertz CT molecular complexity index is 115. The van der Waals surface area contributed by atoms with E-state index in [0.717, 1.165) is 19.5 Å². The number of aliphatic hydroxyl groups excluding tert-OH is 1. The van der Waals surface area contributed by atoms with Crippen LogP contribution >= 0.6 is 0 Å². The second kappa shape index (κ2) is 12.0.